The van der Waals surface area contributed by atoms with Crippen LogP contribution in [0.25, 0.3) is 0 Å². The minimum Gasteiger partial charge on any atom is -0.454 e. The molecule has 0 spiro atoms. The van der Waals surface area contributed by atoms with Crippen molar-refractivity contribution in [3.05, 3.63) is 45.6 Å². The molecule has 4 heterocycles. The highest BCUT2D eigenvalue weighted by Crippen LogP contribution is 2.33. The predicted octanol–water partition coefficient (Wildman–Crippen LogP) is 3.21. The minimum atomic E-state index is 0.216. The molecule has 1 atom stereocenters. The van der Waals surface area contributed by atoms with Crippen LogP contribution in [0.4, 0.5) is 0 Å². The quantitative estimate of drug-likeness (QED) is 0.750. The molecule has 30 heavy (non-hydrogen) atoms. The predicted molar refractivity (Wildman–Crippen MR) is 117 cm³/mol. The normalized spacial score (nSPS) is 22.4. The van der Waals surface area contributed by atoms with Crippen molar-refractivity contribution in [1.29, 1.82) is 0 Å². The Morgan fingerprint density at radius 3 is 2.73 bits per heavy atom. The van der Waals surface area contributed by atoms with Crippen LogP contribution in [0, 0.1) is 6.92 Å². The third-order valence-corrected chi connectivity index (χ3v) is 7.51. The van der Waals surface area contributed by atoms with E-state index in [1.165, 1.54) is 12.0 Å². The third kappa shape index (κ3) is 4.06. The molecular formula is C23H29N3O3S. The molecule has 5 rings (SSSR count). The summed E-state index contributed by atoms with van der Waals surface area (Å²) in [5.74, 6) is 1.92. The molecule has 1 aromatic carbocycles. The maximum atomic E-state index is 12.9. The van der Waals surface area contributed by atoms with E-state index in [9.17, 15) is 4.79 Å². The lowest BCUT2D eigenvalue weighted by Crippen LogP contribution is -2.55. The van der Waals surface area contributed by atoms with Crippen molar-refractivity contribution in [3.63, 3.8) is 0 Å². The molecule has 2 aromatic rings. The Morgan fingerprint density at radius 1 is 1.10 bits per heavy atom. The van der Waals surface area contributed by atoms with Crippen molar-refractivity contribution in [2.45, 2.75) is 32.4 Å². The van der Waals surface area contributed by atoms with Crippen LogP contribution in [0.2, 0.25) is 0 Å². The van der Waals surface area contributed by atoms with Gasteiger partial charge in [0.1, 0.15) is 0 Å². The maximum absolute atomic E-state index is 12.9. The molecule has 2 fully saturated rings. The van der Waals surface area contributed by atoms with E-state index in [-0.39, 0.29) is 5.91 Å². The van der Waals surface area contributed by atoms with Crippen molar-refractivity contribution in [2.75, 3.05) is 46.1 Å². The lowest BCUT2D eigenvalue weighted by Gasteiger charge is -2.43. The molecule has 1 aromatic heterocycles. The molecule has 160 valence electrons. The summed E-state index contributed by atoms with van der Waals surface area (Å²) in [6, 6.07) is 8.77. The first kappa shape index (κ1) is 19.8. The lowest BCUT2D eigenvalue weighted by molar-refractivity contribution is 0.0410. The second kappa shape index (κ2) is 8.57. The first-order chi connectivity index (χ1) is 14.7. The number of thiophene rings is 1. The average molecular weight is 428 g/mol. The number of benzene rings is 1. The zero-order valence-corrected chi connectivity index (χ0v) is 18.3. The summed E-state index contributed by atoms with van der Waals surface area (Å²) in [5.41, 5.74) is 2.37. The molecule has 0 bridgehead atoms. The first-order valence-corrected chi connectivity index (χ1v) is 11.7. The second-order valence-corrected chi connectivity index (χ2v) is 9.40. The second-order valence-electron chi connectivity index (χ2n) is 8.48. The van der Waals surface area contributed by atoms with Crippen molar-refractivity contribution < 1.29 is 14.3 Å². The molecule has 0 N–H and O–H groups in total. The van der Waals surface area contributed by atoms with Gasteiger partial charge in [0.15, 0.2) is 11.5 Å². The fourth-order valence-corrected chi connectivity index (χ4v) is 5.65. The number of aryl methyl sites for hydroxylation is 1. The lowest BCUT2D eigenvalue weighted by atomic mass is 10.0. The van der Waals surface area contributed by atoms with Gasteiger partial charge < -0.3 is 14.4 Å². The van der Waals surface area contributed by atoms with E-state index in [1.54, 1.807) is 11.3 Å². The van der Waals surface area contributed by atoms with Gasteiger partial charge in [-0.2, -0.15) is 0 Å². The topological polar surface area (TPSA) is 45.3 Å². The summed E-state index contributed by atoms with van der Waals surface area (Å²) >= 11 is 1.57. The van der Waals surface area contributed by atoms with Crippen molar-refractivity contribution in [1.82, 2.24) is 14.7 Å². The van der Waals surface area contributed by atoms with Crippen LogP contribution in [-0.2, 0) is 6.54 Å². The number of piperazine rings is 1. The van der Waals surface area contributed by atoms with E-state index in [1.807, 2.05) is 24.4 Å². The van der Waals surface area contributed by atoms with Gasteiger partial charge in [-0.3, -0.25) is 14.6 Å². The number of rotatable bonds is 4. The Labute approximate surface area is 182 Å². The van der Waals surface area contributed by atoms with Crippen molar-refractivity contribution in [3.8, 4) is 11.5 Å². The maximum Gasteiger partial charge on any atom is 0.264 e. The van der Waals surface area contributed by atoms with Crippen LogP contribution in [0.3, 0.4) is 0 Å². The smallest absolute Gasteiger partial charge is 0.264 e. The molecule has 3 aliphatic rings. The number of hydrogen-bond donors (Lipinski definition) is 0. The van der Waals surface area contributed by atoms with Crippen LogP contribution in [-0.4, -0.2) is 72.7 Å². The number of carbonyl (C=O) groups excluding carboxylic acids is 1. The molecule has 1 amide bonds. The summed E-state index contributed by atoms with van der Waals surface area (Å²) in [6.45, 7) is 9.29. The van der Waals surface area contributed by atoms with E-state index < -0.39 is 0 Å². The molecule has 0 radical (unpaired) electrons. The van der Waals surface area contributed by atoms with Crippen LogP contribution in [0.5, 0.6) is 11.5 Å². The minimum absolute atomic E-state index is 0.216. The molecule has 0 aliphatic carbocycles. The summed E-state index contributed by atoms with van der Waals surface area (Å²) in [5, 5.41) is 2.02. The molecule has 7 heteroatoms. The molecule has 0 saturated carbocycles. The SMILES string of the molecule is Cc1ccsc1C(=O)N1CCC[C@H](N2CCN(Cc3ccc4c(c3)OCO4)CC2)C1. The van der Waals surface area contributed by atoms with Gasteiger partial charge in [0.25, 0.3) is 5.91 Å². The Morgan fingerprint density at radius 2 is 1.93 bits per heavy atom. The highest BCUT2D eigenvalue weighted by molar-refractivity contribution is 7.12. The van der Waals surface area contributed by atoms with E-state index >= 15 is 0 Å². The summed E-state index contributed by atoms with van der Waals surface area (Å²) < 4.78 is 10.9. The zero-order chi connectivity index (χ0) is 20.5. The number of likely N-dealkylation sites (tertiary alicyclic amines) is 1. The first-order valence-electron chi connectivity index (χ1n) is 10.9. The number of nitrogens with zero attached hydrogens (tertiary/aromatic N) is 3. The number of amides is 1. The monoisotopic (exact) mass is 427 g/mol. The molecule has 0 unspecified atom stereocenters. The van der Waals surface area contributed by atoms with E-state index in [4.69, 9.17) is 9.47 Å². The Balaban J connectivity index is 1.14. The van der Waals surface area contributed by atoms with Gasteiger partial charge >= 0.3 is 0 Å². The van der Waals surface area contributed by atoms with Gasteiger partial charge in [0.05, 0.1) is 4.88 Å². The van der Waals surface area contributed by atoms with Crippen molar-refractivity contribution in [2.24, 2.45) is 0 Å². The summed E-state index contributed by atoms with van der Waals surface area (Å²) in [7, 11) is 0. The fraction of sp³-hybridized carbons (Fsp3) is 0.522. The Hall–Kier alpha value is -2.09. The van der Waals surface area contributed by atoms with Gasteiger partial charge in [-0.1, -0.05) is 6.07 Å². The van der Waals surface area contributed by atoms with Gasteiger partial charge in [0.2, 0.25) is 6.79 Å². The van der Waals surface area contributed by atoms with Gasteiger partial charge in [-0.25, -0.2) is 0 Å². The fourth-order valence-electron chi connectivity index (χ4n) is 4.76. The third-order valence-electron chi connectivity index (χ3n) is 6.51. The molecule has 3 aliphatic heterocycles. The Kier molecular flexibility index (Phi) is 5.67. The zero-order valence-electron chi connectivity index (χ0n) is 17.5. The highest BCUT2D eigenvalue weighted by Gasteiger charge is 2.31. The number of carbonyl (C=O) groups is 1. The van der Waals surface area contributed by atoms with Gasteiger partial charge in [-0.15, -0.1) is 11.3 Å². The number of piperidine rings is 1. The molecular weight excluding hydrogens is 398 g/mol. The van der Waals surface area contributed by atoms with Gasteiger partial charge in [0, 0.05) is 51.9 Å². The van der Waals surface area contributed by atoms with Gasteiger partial charge in [-0.05, 0) is 54.5 Å². The summed E-state index contributed by atoms with van der Waals surface area (Å²) in [4.78, 5) is 21.0. The van der Waals surface area contributed by atoms with E-state index in [0.717, 1.165) is 74.2 Å². The van der Waals surface area contributed by atoms with E-state index in [2.05, 4.69) is 26.8 Å². The highest BCUT2D eigenvalue weighted by atomic mass is 32.1. The van der Waals surface area contributed by atoms with Crippen LogP contribution in [0.1, 0.15) is 33.6 Å². The largest absolute Gasteiger partial charge is 0.454 e. The number of ether oxygens (including phenoxy) is 2. The van der Waals surface area contributed by atoms with E-state index in [0.29, 0.717) is 12.8 Å². The molecule has 6 nitrogen and oxygen atoms in total. The van der Waals surface area contributed by atoms with Crippen LogP contribution in [0.15, 0.2) is 29.6 Å². The molecule has 2 saturated heterocycles. The average Bonchev–Trinajstić information content (AvgIpc) is 3.42. The number of hydrogen-bond acceptors (Lipinski definition) is 6. The van der Waals surface area contributed by atoms with Crippen molar-refractivity contribution >= 4 is 17.2 Å². The van der Waals surface area contributed by atoms with Crippen LogP contribution < -0.4 is 9.47 Å². The standard InChI is InChI=1S/C23H29N3O3S/c1-17-6-12-30-22(17)23(27)26-7-2-3-19(15-26)25-10-8-24(9-11-25)14-18-4-5-20-21(13-18)29-16-28-20/h4-6,12-13,19H,2-3,7-11,14-16H2,1H3/t19-/m0/s1. The number of fused-ring (bicyclic) bond motifs is 1. The Bertz CT molecular complexity index is 907. The summed E-state index contributed by atoms with van der Waals surface area (Å²) in [6.07, 6.45) is 2.29. The van der Waals surface area contributed by atoms with Crippen LogP contribution >= 0.6 is 11.3 Å².